The van der Waals surface area contributed by atoms with Crippen molar-refractivity contribution in [2.24, 2.45) is 0 Å². The van der Waals surface area contributed by atoms with Crippen LogP contribution in [0.5, 0.6) is 0 Å². The standard InChI is InChI=1S/C19H26BrNO4/c1-8-15(13-9-11-14(20)12-10-13)21(16(22)24-18(2,3)4)17(23)25-19(5,6)7/h8-12,15H,1H2,2-7H3/t15-/m0/s1. The molecule has 0 heterocycles. The molecule has 0 aromatic heterocycles. The Labute approximate surface area is 158 Å². The van der Waals surface area contributed by atoms with Gasteiger partial charge in [-0.05, 0) is 59.2 Å². The van der Waals surface area contributed by atoms with Crippen LogP contribution in [0.15, 0.2) is 41.4 Å². The van der Waals surface area contributed by atoms with Crippen LogP contribution in [-0.4, -0.2) is 28.3 Å². The largest absolute Gasteiger partial charge is 0.443 e. The molecule has 0 saturated carbocycles. The molecule has 0 radical (unpaired) electrons. The quantitative estimate of drug-likeness (QED) is 0.585. The summed E-state index contributed by atoms with van der Waals surface area (Å²) in [5, 5.41) is 0. The summed E-state index contributed by atoms with van der Waals surface area (Å²) in [7, 11) is 0. The Balaban J connectivity index is 3.26. The third-order valence-corrected chi connectivity index (χ3v) is 3.42. The summed E-state index contributed by atoms with van der Waals surface area (Å²) in [6.45, 7) is 14.2. The molecule has 25 heavy (non-hydrogen) atoms. The lowest BCUT2D eigenvalue weighted by molar-refractivity contribution is -0.00385. The van der Waals surface area contributed by atoms with E-state index in [9.17, 15) is 9.59 Å². The first kappa shape index (κ1) is 21.2. The topological polar surface area (TPSA) is 55.8 Å². The first-order valence-corrected chi connectivity index (χ1v) is 8.76. The molecule has 1 aromatic carbocycles. The lowest BCUT2D eigenvalue weighted by Gasteiger charge is -2.32. The minimum Gasteiger partial charge on any atom is -0.443 e. The number of halogens is 1. The molecule has 0 fully saturated rings. The average molecular weight is 412 g/mol. The van der Waals surface area contributed by atoms with Gasteiger partial charge in [0.25, 0.3) is 0 Å². The second kappa shape index (κ2) is 8.04. The predicted octanol–water partition coefficient (Wildman–Crippen LogP) is 5.85. The summed E-state index contributed by atoms with van der Waals surface area (Å²) in [4.78, 5) is 26.3. The van der Waals surface area contributed by atoms with Crippen LogP contribution in [0.4, 0.5) is 9.59 Å². The summed E-state index contributed by atoms with van der Waals surface area (Å²) < 4.78 is 11.7. The number of nitrogens with zero attached hydrogens (tertiary/aromatic N) is 1. The number of amides is 2. The summed E-state index contributed by atoms with van der Waals surface area (Å²) >= 11 is 3.37. The Morgan fingerprint density at radius 3 is 1.72 bits per heavy atom. The molecule has 0 aliphatic rings. The highest BCUT2D eigenvalue weighted by atomic mass is 79.9. The van der Waals surface area contributed by atoms with Crippen LogP contribution >= 0.6 is 15.9 Å². The summed E-state index contributed by atoms with van der Waals surface area (Å²) in [5.41, 5.74) is -0.777. The molecule has 1 aromatic rings. The highest BCUT2D eigenvalue weighted by Gasteiger charge is 2.36. The molecular weight excluding hydrogens is 386 g/mol. The highest BCUT2D eigenvalue weighted by molar-refractivity contribution is 9.10. The molecular formula is C19H26BrNO4. The number of benzene rings is 1. The monoisotopic (exact) mass is 411 g/mol. The third-order valence-electron chi connectivity index (χ3n) is 2.89. The van der Waals surface area contributed by atoms with Gasteiger partial charge in [0.1, 0.15) is 11.2 Å². The van der Waals surface area contributed by atoms with Gasteiger partial charge in [0.15, 0.2) is 0 Å². The van der Waals surface area contributed by atoms with Crippen molar-refractivity contribution < 1.29 is 19.1 Å². The van der Waals surface area contributed by atoms with Crippen molar-refractivity contribution in [3.63, 3.8) is 0 Å². The van der Waals surface area contributed by atoms with E-state index in [1.165, 1.54) is 6.08 Å². The van der Waals surface area contributed by atoms with E-state index in [4.69, 9.17) is 9.47 Å². The van der Waals surface area contributed by atoms with Gasteiger partial charge in [-0.3, -0.25) is 0 Å². The number of rotatable bonds is 3. The van der Waals surface area contributed by atoms with Gasteiger partial charge in [-0.15, -0.1) is 6.58 Å². The normalized spacial score (nSPS) is 12.9. The van der Waals surface area contributed by atoms with Gasteiger partial charge >= 0.3 is 12.2 Å². The fourth-order valence-corrected chi connectivity index (χ4v) is 2.24. The average Bonchev–Trinajstić information content (AvgIpc) is 2.41. The van der Waals surface area contributed by atoms with Crippen LogP contribution in [0.2, 0.25) is 0 Å². The minimum absolute atomic E-state index is 0.710. The van der Waals surface area contributed by atoms with E-state index in [2.05, 4.69) is 22.5 Å². The van der Waals surface area contributed by atoms with E-state index in [0.717, 1.165) is 14.9 Å². The maximum absolute atomic E-state index is 12.7. The molecule has 0 bridgehead atoms. The first-order valence-electron chi connectivity index (χ1n) is 7.97. The Kier molecular flexibility index (Phi) is 6.82. The van der Waals surface area contributed by atoms with E-state index in [-0.39, 0.29) is 0 Å². The first-order chi connectivity index (χ1) is 11.3. The molecule has 0 N–H and O–H groups in total. The van der Waals surface area contributed by atoms with Crippen LogP contribution in [0, 0.1) is 0 Å². The molecule has 0 aliphatic heterocycles. The number of imide groups is 1. The van der Waals surface area contributed by atoms with E-state index in [1.807, 2.05) is 12.1 Å². The van der Waals surface area contributed by atoms with Crippen LogP contribution in [-0.2, 0) is 9.47 Å². The Hall–Kier alpha value is -1.82. The van der Waals surface area contributed by atoms with Crippen molar-refractivity contribution in [1.29, 1.82) is 0 Å². The molecule has 138 valence electrons. The number of ether oxygens (including phenoxy) is 2. The lowest BCUT2D eigenvalue weighted by Crippen LogP contribution is -2.45. The van der Waals surface area contributed by atoms with Crippen LogP contribution in [0.1, 0.15) is 53.1 Å². The lowest BCUT2D eigenvalue weighted by atomic mass is 10.1. The third kappa shape index (κ3) is 6.90. The minimum atomic E-state index is -0.783. The van der Waals surface area contributed by atoms with Crippen LogP contribution in [0.3, 0.4) is 0 Å². The molecule has 1 atom stereocenters. The molecule has 5 nitrogen and oxygen atoms in total. The summed E-state index contributed by atoms with van der Waals surface area (Å²) in [5.74, 6) is 0. The summed E-state index contributed by atoms with van der Waals surface area (Å²) in [6, 6.07) is 6.55. The van der Waals surface area contributed by atoms with Gasteiger partial charge < -0.3 is 9.47 Å². The van der Waals surface area contributed by atoms with Crippen molar-refractivity contribution in [1.82, 2.24) is 4.90 Å². The summed E-state index contributed by atoms with van der Waals surface area (Å²) in [6.07, 6.45) is -0.0546. The van der Waals surface area contributed by atoms with E-state index in [0.29, 0.717) is 0 Å². The van der Waals surface area contributed by atoms with Gasteiger partial charge in [-0.1, -0.05) is 34.1 Å². The van der Waals surface area contributed by atoms with E-state index < -0.39 is 29.4 Å². The maximum Gasteiger partial charge on any atom is 0.420 e. The van der Waals surface area contributed by atoms with Crippen molar-refractivity contribution in [3.05, 3.63) is 47.0 Å². The number of hydrogen-bond donors (Lipinski definition) is 0. The van der Waals surface area contributed by atoms with E-state index >= 15 is 0 Å². The number of carbonyl (C=O) groups is 2. The van der Waals surface area contributed by atoms with Crippen molar-refractivity contribution >= 4 is 28.1 Å². The highest BCUT2D eigenvalue weighted by Crippen LogP contribution is 2.27. The number of hydrogen-bond acceptors (Lipinski definition) is 4. The fraction of sp³-hybridized carbons (Fsp3) is 0.474. The van der Waals surface area contributed by atoms with Crippen LogP contribution < -0.4 is 0 Å². The zero-order chi connectivity index (χ0) is 19.4. The molecule has 0 spiro atoms. The Morgan fingerprint density at radius 2 is 1.40 bits per heavy atom. The van der Waals surface area contributed by atoms with Gasteiger partial charge in [0, 0.05) is 4.47 Å². The fourth-order valence-electron chi connectivity index (χ4n) is 1.97. The number of carbonyl (C=O) groups excluding carboxylic acids is 2. The van der Waals surface area contributed by atoms with Gasteiger partial charge in [0.05, 0.1) is 6.04 Å². The van der Waals surface area contributed by atoms with Gasteiger partial charge in [0.2, 0.25) is 0 Å². The van der Waals surface area contributed by atoms with E-state index in [1.54, 1.807) is 53.7 Å². The van der Waals surface area contributed by atoms with Gasteiger partial charge in [-0.2, -0.15) is 0 Å². The Bertz CT molecular complexity index is 598. The molecule has 0 saturated heterocycles. The molecule has 1 rings (SSSR count). The zero-order valence-corrected chi connectivity index (χ0v) is 17.2. The van der Waals surface area contributed by atoms with Crippen molar-refractivity contribution in [3.8, 4) is 0 Å². The molecule has 6 heteroatoms. The maximum atomic E-state index is 12.7. The smallest absolute Gasteiger partial charge is 0.420 e. The van der Waals surface area contributed by atoms with Crippen molar-refractivity contribution in [2.45, 2.75) is 58.8 Å². The Morgan fingerprint density at radius 1 is 1.00 bits per heavy atom. The SMILES string of the molecule is C=C[C@@H](c1ccc(Br)cc1)N(C(=O)OC(C)(C)C)C(=O)OC(C)(C)C. The van der Waals surface area contributed by atoms with Gasteiger partial charge in [-0.25, -0.2) is 14.5 Å². The second-order valence-corrected chi connectivity index (χ2v) is 8.48. The van der Waals surface area contributed by atoms with Crippen molar-refractivity contribution in [2.75, 3.05) is 0 Å². The second-order valence-electron chi connectivity index (χ2n) is 7.56. The predicted molar refractivity (Wildman–Crippen MR) is 101 cm³/mol. The molecule has 0 unspecified atom stereocenters. The molecule has 0 aliphatic carbocycles. The molecule has 2 amide bonds. The zero-order valence-electron chi connectivity index (χ0n) is 15.6. The van der Waals surface area contributed by atoms with Crippen LogP contribution in [0.25, 0.3) is 0 Å².